The van der Waals surface area contributed by atoms with Crippen LogP contribution < -0.4 is 0 Å². The highest BCUT2D eigenvalue weighted by atomic mass is 16.3. The van der Waals surface area contributed by atoms with Crippen LogP contribution in [0.3, 0.4) is 0 Å². The van der Waals surface area contributed by atoms with Gasteiger partial charge >= 0.3 is 0 Å². The normalized spacial score (nSPS) is 16.2. The summed E-state index contributed by atoms with van der Waals surface area (Å²) in [6, 6.07) is 19.8. The van der Waals surface area contributed by atoms with Gasteiger partial charge < -0.3 is 15.3 Å². The van der Waals surface area contributed by atoms with E-state index in [-0.39, 0.29) is 5.41 Å². The van der Waals surface area contributed by atoms with E-state index in [0.29, 0.717) is 23.2 Å². The molecule has 0 unspecified atom stereocenters. The van der Waals surface area contributed by atoms with Gasteiger partial charge in [-0.15, -0.1) is 0 Å². The van der Waals surface area contributed by atoms with Crippen molar-refractivity contribution in [2.24, 2.45) is 5.92 Å². The molecular weight excluding hydrogens is 396 g/mol. The van der Waals surface area contributed by atoms with Crippen molar-refractivity contribution in [3.8, 4) is 17.2 Å². The number of aromatic hydroxyl groups is 3. The van der Waals surface area contributed by atoms with Gasteiger partial charge in [0.05, 0.1) is 0 Å². The van der Waals surface area contributed by atoms with Crippen LogP contribution in [0.2, 0.25) is 0 Å². The summed E-state index contributed by atoms with van der Waals surface area (Å²) < 4.78 is 0. The topological polar surface area (TPSA) is 60.7 Å². The van der Waals surface area contributed by atoms with Crippen LogP contribution in [-0.2, 0) is 24.7 Å². The van der Waals surface area contributed by atoms with Gasteiger partial charge in [0.25, 0.3) is 0 Å². The summed E-state index contributed by atoms with van der Waals surface area (Å²) in [6.07, 6.45) is 6.94. The Bertz CT molecular complexity index is 1000. The van der Waals surface area contributed by atoms with Crippen molar-refractivity contribution in [1.29, 1.82) is 0 Å². The molecule has 0 radical (unpaired) electrons. The second-order valence-corrected chi connectivity index (χ2v) is 9.29. The largest absolute Gasteiger partial charge is 0.508 e. The molecule has 0 aromatic heterocycles. The Morgan fingerprint density at radius 1 is 0.719 bits per heavy atom. The maximum atomic E-state index is 10.3. The van der Waals surface area contributed by atoms with Crippen LogP contribution in [0.4, 0.5) is 0 Å². The van der Waals surface area contributed by atoms with Crippen LogP contribution in [-0.4, -0.2) is 15.3 Å². The fourth-order valence-corrected chi connectivity index (χ4v) is 5.42. The summed E-state index contributed by atoms with van der Waals surface area (Å²) in [4.78, 5) is 0. The molecule has 3 aromatic rings. The smallest absolute Gasteiger partial charge is 0.118 e. The Labute approximate surface area is 191 Å². The predicted molar refractivity (Wildman–Crippen MR) is 130 cm³/mol. The first-order chi connectivity index (χ1) is 15.4. The van der Waals surface area contributed by atoms with Crippen LogP contribution >= 0.6 is 0 Å². The third-order valence-corrected chi connectivity index (χ3v) is 7.45. The van der Waals surface area contributed by atoms with Gasteiger partial charge in [-0.2, -0.15) is 0 Å². The quantitative estimate of drug-likeness (QED) is 0.410. The molecule has 1 aliphatic carbocycles. The molecule has 3 aromatic carbocycles. The first-order valence-corrected chi connectivity index (χ1v) is 11.9. The van der Waals surface area contributed by atoms with Gasteiger partial charge in [0, 0.05) is 5.41 Å². The number of phenols is 3. The fraction of sp³-hybridized carbons (Fsp3) is 0.379. The summed E-state index contributed by atoms with van der Waals surface area (Å²) in [5.74, 6) is 1.66. The summed E-state index contributed by atoms with van der Waals surface area (Å²) in [7, 11) is 0. The average molecular weight is 431 g/mol. The number of phenolic OH excluding ortho intramolecular Hbond substituents is 3. The Morgan fingerprint density at radius 3 is 1.69 bits per heavy atom. The minimum atomic E-state index is -0.110. The zero-order valence-electron chi connectivity index (χ0n) is 19.1. The Morgan fingerprint density at radius 2 is 1.22 bits per heavy atom. The highest BCUT2D eigenvalue weighted by Gasteiger charge is 2.39. The third kappa shape index (κ3) is 4.34. The number of aryl methyl sites for hydroxylation is 2. The maximum absolute atomic E-state index is 10.3. The molecule has 0 aliphatic heterocycles. The second kappa shape index (κ2) is 9.28. The molecule has 0 saturated heterocycles. The molecular formula is C29H34O3. The van der Waals surface area contributed by atoms with E-state index < -0.39 is 0 Å². The average Bonchev–Trinajstić information content (AvgIpc) is 2.82. The molecule has 168 valence electrons. The molecule has 0 bridgehead atoms. The van der Waals surface area contributed by atoms with Crippen molar-refractivity contribution in [3.63, 3.8) is 0 Å². The SMILES string of the molecule is CCc1cc(C2(c3ccc(O)c(CC)c3)CCC(Cc3ccc(O)cc3)CC2)ccc1O. The minimum absolute atomic E-state index is 0.110. The fourth-order valence-electron chi connectivity index (χ4n) is 5.42. The van der Waals surface area contributed by atoms with E-state index in [4.69, 9.17) is 0 Å². The van der Waals surface area contributed by atoms with Gasteiger partial charge in [0.15, 0.2) is 0 Å². The van der Waals surface area contributed by atoms with E-state index in [1.165, 1.54) is 16.7 Å². The first-order valence-electron chi connectivity index (χ1n) is 11.9. The zero-order chi connectivity index (χ0) is 22.7. The lowest BCUT2D eigenvalue weighted by molar-refractivity contribution is 0.264. The number of rotatable bonds is 6. The van der Waals surface area contributed by atoms with Gasteiger partial charge in [-0.3, -0.25) is 0 Å². The van der Waals surface area contributed by atoms with E-state index in [1.54, 1.807) is 12.1 Å². The molecule has 3 nitrogen and oxygen atoms in total. The number of hydrogen-bond donors (Lipinski definition) is 3. The van der Waals surface area contributed by atoms with Gasteiger partial charge in [-0.1, -0.05) is 50.2 Å². The van der Waals surface area contributed by atoms with Crippen molar-refractivity contribution >= 4 is 0 Å². The van der Waals surface area contributed by atoms with Gasteiger partial charge in [-0.05, 0) is 103 Å². The van der Waals surface area contributed by atoms with Crippen molar-refractivity contribution in [2.75, 3.05) is 0 Å². The second-order valence-electron chi connectivity index (χ2n) is 9.29. The van der Waals surface area contributed by atoms with Gasteiger partial charge in [0.2, 0.25) is 0 Å². The van der Waals surface area contributed by atoms with Crippen molar-refractivity contribution in [1.82, 2.24) is 0 Å². The molecule has 0 amide bonds. The maximum Gasteiger partial charge on any atom is 0.118 e. The lowest BCUT2D eigenvalue weighted by atomic mass is 9.62. The van der Waals surface area contributed by atoms with Crippen molar-refractivity contribution < 1.29 is 15.3 Å². The summed E-state index contributed by atoms with van der Waals surface area (Å²) in [6.45, 7) is 4.16. The highest BCUT2D eigenvalue weighted by molar-refractivity contribution is 5.48. The molecule has 4 rings (SSSR count). The summed E-state index contributed by atoms with van der Waals surface area (Å²) in [5, 5.41) is 30.1. The van der Waals surface area contributed by atoms with Gasteiger partial charge in [-0.25, -0.2) is 0 Å². The Balaban J connectivity index is 1.67. The van der Waals surface area contributed by atoms with E-state index in [0.717, 1.165) is 56.1 Å². The van der Waals surface area contributed by atoms with Crippen molar-refractivity contribution in [3.05, 3.63) is 88.5 Å². The number of benzene rings is 3. The molecule has 1 aliphatic rings. The summed E-state index contributed by atoms with van der Waals surface area (Å²) in [5.41, 5.74) is 5.67. The lowest BCUT2D eigenvalue weighted by Gasteiger charge is -2.42. The molecule has 3 N–H and O–H groups in total. The minimum Gasteiger partial charge on any atom is -0.508 e. The first kappa shape index (κ1) is 22.3. The van der Waals surface area contributed by atoms with E-state index >= 15 is 0 Å². The lowest BCUT2D eigenvalue weighted by Crippen LogP contribution is -2.34. The van der Waals surface area contributed by atoms with Crippen LogP contribution in [0.5, 0.6) is 17.2 Å². The standard InChI is InChI=1S/C29H34O3/c1-3-22-18-24(7-11-27(22)31)29(25-8-12-28(32)23(4-2)19-25)15-13-21(14-16-29)17-20-5-9-26(30)10-6-20/h5-12,18-19,21,30-32H,3-4,13-17H2,1-2H3. The van der Waals surface area contributed by atoms with Crippen LogP contribution in [0.25, 0.3) is 0 Å². The van der Waals surface area contributed by atoms with E-state index in [2.05, 4.69) is 38.1 Å². The Hall–Kier alpha value is -2.94. The molecule has 1 fully saturated rings. The molecule has 3 heteroatoms. The van der Waals surface area contributed by atoms with Crippen molar-refractivity contribution in [2.45, 2.75) is 64.2 Å². The molecule has 0 spiro atoms. The molecule has 1 saturated carbocycles. The molecule has 32 heavy (non-hydrogen) atoms. The monoisotopic (exact) mass is 430 g/mol. The van der Waals surface area contributed by atoms with Crippen LogP contribution in [0.15, 0.2) is 60.7 Å². The summed E-state index contributed by atoms with van der Waals surface area (Å²) >= 11 is 0. The van der Waals surface area contributed by atoms with E-state index in [9.17, 15) is 15.3 Å². The molecule has 0 atom stereocenters. The zero-order valence-corrected chi connectivity index (χ0v) is 19.1. The Kier molecular flexibility index (Phi) is 6.45. The van der Waals surface area contributed by atoms with Crippen LogP contribution in [0, 0.1) is 5.92 Å². The molecule has 0 heterocycles. The number of hydrogen-bond acceptors (Lipinski definition) is 3. The van der Waals surface area contributed by atoms with Gasteiger partial charge in [0.1, 0.15) is 17.2 Å². The highest BCUT2D eigenvalue weighted by Crippen LogP contribution is 2.48. The van der Waals surface area contributed by atoms with E-state index in [1.807, 2.05) is 24.3 Å². The van der Waals surface area contributed by atoms with Crippen LogP contribution in [0.1, 0.15) is 67.3 Å². The third-order valence-electron chi connectivity index (χ3n) is 7.45. The predicted octanol–water partition coefficient (Wildman–Crippen LogP) is 6.65.